The van der Waals surface area contributed by atoms with E-state index in [0.717, 1.165) is 11.1 Å². The van der Waals surface area contributed by atoms with Gasteiger partial charge in [-0.25, -0.2) is 13.2 Å². The lowest BCUT2D eigenvalue weighted by Crippen LogP contribution is -2.30. The molecule has 0 heterocycles. The molecule has 30 heavy (non-hydrogen) atoms. The molecule has 0 aliphatic carbocycles. The molecule has 0 bridgehead atoms. The molecule has 0 saturated carbocycles. The van der Waals surface area contributed by atoms with Gasteiger partial charge in [0.15, 0.2) is 0 Å². The van der Waals surface area contributed by atoms with Crippen LogP contribution in [0.25, 0.3) is 0 Å². The predicted octanol–water partition coefficient (Wildman–Crippen LogP) is 2.46. The molecule has 2 aromatic rings. The first kappa shape index (κ1) is 23.4. The smallest absolute Gasteiger partial charge is 0.316 e. The fourth-order valence-corrected chi connectivity index (χ4v) is 4.39. The van der Waals surface area contributed by atoms with E-state index in [2.05, 4.69) is 10.6 Å². The van der Waals surface area contributed by atoms with Crippen LogP contribution in [-0.4, -0.2) is 37.8 Å². The maximum absolute atomic E-state index is 12.5. The van der Waals surface area contributed by atoms with E-state index < -0.39 is 16.1 Å². The van der Waals surface area contributed by atoms with Crippen LogP contribution in [0.5, 0.6) is 0 Å². The quantitative estimate of drug-likeness (QED) is 0.534. The van der Waals surface area contributed by atoms with Crippen LogP contribution in [0.4, 0.5) is 10.5 Å². The summed E-state index contributed by atoms with van der Waals surface area (Å²) in [7, 11) is -3.47. The highest BCUT2D eigenvalue weighted by Gasteiger charge is 2.21. The Kier molecular flexibility index (Phi) is 8.37. The van der Waals surface area contributed by atoms with Crippen LogP contribution in [0.15, 0.2) is 53.4 Å². The van der Waals surface area contributed by atoms with E-state index in [1.165, 1.54) is 4.31 Å². The van der Waals surface area contributed by atoms with Gasteiger partial charge in [0.05, 0.1) is 4.90 Å². The summed E-state index contributed by atoms with van der Waals surface area (Å²) in [4.78, 5) is 23.2. The van der Waals surface area contributed by atoms with E-state index >= 15 is 0 Å². The monoisotopic (exact) mass is 432 g/mol. The number of carbonyl (C=O) groups excluding carboxylic acids is 2. The molecule has 4 N–H and O–H groups in total. The number of nitrogens with zero attached hydrogens (tertiary/aromatic N) is 1. The average Bonchev–Trinajstić information content (AvgIpc) is 2.72. The van der Waals surface area contributed by atoms with Gasteiger partial charge in [0.25, 0.3) is 0 Å². The van der Waals surface area contributed by atoms with Crippen molar-refractivity contribution in [2.45, 2.75) is 38.1 Å². The predicted molar refractivity (Wildman–Crippen MR) is 116 cm³/mol. The number of nitrogens with one attached hydrogen (secondary N) is 2. The van der Waals surface area contributed by atoms with E-state index in [1.54, 1.807) is 62.4 Å². The Morgan fingerprint density at radius 3 is 2.03 bits per heavy atom. The number of rotatable bonds is 10. The summed E-state index contributed by atoms with van der Waals surface area (Å²) in [6.07, 6.45) is 0.808. The summed E-state index contributed by atoms with van der Waals surface area (Å²) in [5.41, 5.74) is 7.43. The Bertz CT molecular complexity index is 954. The van der Waals surface area contributed by atoms with Crippen LogP contribution in [-0.2, 0) is 27.8 Å². The van der Waals surface area contributed by atoms with E-state index in [9.17, 15) is 18.0 Å². The summed E-state index contributed by atoms with van der Waals surface area (Å²) < 4.78 is 26.4. The SMILES string of the molecule is CCN(CC)S(=O)(=O)c1ccc(CCC(=O)NCc2ccc(NC(N)=O)cc2)cc1. The summed E-state index contributed by atoms with van der Waals surface area (Å²) in [6.45, 7) is 4.83. The zero-order chi connectivity index (χ0) is 22.1. The number of anilines is 1. The number of hydrogen-bond acceptors (Lipinski definition) is 4. The van der Waals surface area contributed by atoms with Crippen LogP contribution in [0, 0.1) is 0 Å². The van der Waals surface area contributed by atoms with Gasteiger partial charge in [0.1, 0.15) is 0 Å². The topological polar surface area (TPSA) is 122 Å². The molecule has 0 fully saturated rings. The molecule has 0 aliphatic heterocycles. The molecule has 0 aromatic heterocycles. The van der Waals surface area contributed by atoms with Gasteiger partial charge in [-0.2, -0.15) is 4.31 Å². The van der Waals surface area contributed by atoms with E-state index in [1.807, 2.05) is 0 Å². The Morgan fingerprint density at radius 1 is 0.933 bits per heavy atom. The molecule has 3 amide bonds. The Labute approximate surface area is 177 Å². The number of benzene rings is 2. The normalized spacial score (nSPS) is 11.3. The van der Waals surface area contributed by atoms with Gasteiger partial charge in [-0.1, -0.05) is 38.1 Å². The molecule has 8 nitrogen and oxygen atoms in total. The second kappa shape index (κ2) is 10.7. The Hall–Kier alpha value is -2.91. The number of hydrogen-bond donors (Lipinski definition) is 3. The zero-order valence-corrected chi connectivity index (χ0v) is 18.0. The molecular formula is C21H28N4O4S. The van der Waals surface area contributed by atoms with Gasteiger partial charge in [-0.15, -0.1) is 0 Å². The van der Waals surface area contributed by atoms with Crippen molar-refractivity contribution in [2.75, 3.05) is 18.4 Å². The van der Waals surface area contributed by atoms with Crippen molar-refractivity contribution in [1.29, 1.82) is 0 Å². The van der Waals surface area contributed by atoms with Crippen molar-refractivity contribution in [1.82, 2.24) is 9.62 Å². The molecule has 2 rings (SSSR count). The third-order valence-corrected chi connectivity index (χ3v) is 6.68. The lowest BCUT2D eigenvalue weighted by Gasteiger charge is -2.18. The van der Waals surface area contributed by atoms with Crippen molar-refractivity contribution in [3.63, 3.8) is 0 Å². The average molecular weight is 433 g/mol. The summed E-state index contributed by atoms with van der Waals surface area (Å²) in [6, 6.07) is 13.0. The maximum atomic E-state index is 12.5. The number of urea groups is 1. The molecule has 0 unspecified atom stereocenters. The number of sulfonamides is 1. The fourth-order valence-electron chi connectivity index (χ4n) is 2.94. The number of aryl methyl sites for hydroxylation is 1. The molecule has 0 atom stereocenters. The van der Waals surface area contributed by atoms with Crippen LogP contribution in [0.2, 0.25) is 0 Å². The minimum absolute atomic E-state index is 0.103. The van der Waals surface area contributed by atoms with Crippen molar-refractivity contribution < 1.29 is 18.0 Å². The third-order valence-electron chi connectivity index (χ3n) is 4.62. The number of carbonyl (C=O) groups is 2. The van der Waals surface area contributed by atoms with Gasteiger partial charge in [0, 0.05) is 31.7 Å². The van der Waals surface area contributed by atoms with Crippen LogP contribution in [0.1, 0.15) is 31.4 Å². The second-order valence-electron chi connectivity index (χ2n) is 6.70. The van der Waals surface area contributed by atoms with Crippen molar-refractivity contribution in [3.05, 3.63) is 59.7 Å². The minimum Gasteiger partial charge on any atom is -0.352 e. The summed E-state index contributed by atoms with van der Waals surface area (Å²) in [5.74, 6) is -0.103. The van der Waals surface area contributed by atoms with Gasteiger partial charge in [0.2, 0.25) is 15.9 Å². The zero-order valence-electron chi connectivity index (χ0n) is 17.2. The van der Waals surface area contributed by atoms with Crippen LogP contribution in [0.3, 0.4) is 0 Å². The van der Waals surface area contributed by atoms with Crippen molar-refractivity contribution in [2.24, 2.45) is 5.73 Å². The fraction of sp³-hybridized carbons (Fsp3) is 0.333. The molecule has 0 aliphatic rings. The Morgan fingerprint density at radius 2 is 1.50 bits per heavy atom. The first-order chi connectivity index (χ1) is 14.3. The molecule has 0 spiro atoms. The number of primary amides is 1. The first-order valence-electron chi connectivity index (χ1n) is 9.77. The van der Waals surface area contributed by atoms with Gasteiger partial charge in [-0.3, -0.25) is 4.79 Å². The van der Waals surface area contributed by atoms with Crippen LogP contribution >= 0.6 is 0 Å². The second-order valence-corrected chi connectivity index (χ2v) is 8.63. The lowest BCUT2D eigenvalue weighted by atomic mass is 10.1. The highest BCUT2D eigenvalue weighted by atomic mass is 32.2. The maximum Gasteiger partial charge on any atom is 0.316 e. The van der Waals surface area contributed by atoms with Gasteiger partial charge >= 0.3 is 6.03 Å². The molecular weight excluding hydrogens is 404 g/mol. The lowest BCUT2D eigenvalue weighted by molar-refractivity contribution is -0.121. The third kappa shape index (κ3) is 6.57. The van der Waals surface area contributed by atoms with E-state index in [-0.39, 0.29) is 10.8 Å². The number of nitrogens with two attached hydrogens (primary N) is 1. The van der Waals surface area contributed by atoms with E-state index in [0.29, 0.717) is 38.2 Å². The molecule has 0 radical (unpaired) electrons. The standard InChI is InChI=1S/C21H28N4O4S/c1-3-25(4-2)30(28,29)19-12-7-16(8-13-19)9-14-20(26)23-15-17-5-10-18(11-6-17)24-21(22)27/h5-8,10-13H,3-4,9,14-15H2,1-2H3,(H,23,26)(H3,22,24,27). The van der Waals surface area contributed by atoms with Crippen molar-refractivity contribution >= 4 is 27.6 Å². The highest BCUT2D eigenvalue weighted by Crippen LogP contribution is 2.17. The molecule has 9 heteroatoms. The van der Waals surface area contributed by atoms with E-state index in [4.69, 9.17) is 5.73 Å². The van der Waals surface area contributed by atoms with Gasteiger partial charge < -0.3 is 16.4 Å². The largest absolute Gasteiger partial charge is 0.352 e. The molecule has 2 aromatic carbocycles. The van der Waals surface area contributed by atoms with Gasteiger partial charge in [-0.05, 0) is 41.8 Å². The number of amides is 3. The summed E-state index contributed by atoms with van der Waals surface area (Å²) in [5, 5.41) is 5.31. The molecule has 162 valence electrons. The van der Waals surface area contributed by atoms with Crippen molar-refractivity contribution in [3.8, 4) is 0 Å². The first-order valence-corrected chi connectivity index (χ1v) is 11.2. The minimum atomic E-state index is -3.47. The summed E-state index contributed by atoms with van der Waals surface area (Å²) >= 11 is 0. The Balaban J connectivity index is 1.84. The molecule has 0 saturated heterocycles. The highest BCUT2D eigenvalue weighted by molar-refractivity contribution is 7.89. The van der Waals surface area contributed by atoms with Crippen LogP contribution < -0.4 is 16.4 Å².